The van der Waals surface area contributed by atoms with Gasteiger partial charge in [-0.3, -0.25) is 4.98 Å². The lowest BCUT2D eigenvalue weighted by Gasteiger charge is -2.18. The minimum atomic E-state index is 0.145. The maximum absolute atomic E-state index is 5.76. The first-order valence-corrected chi connectivity index (χ1v) is 5.83. The normalized spacial score (nSPS) is 12.4. The zero-order valence-electron chi connectivity index (χ0n) is 10.3. The fraction of sp³-hybridized carbons (Fsp3) is 0.267. The molecule has 2 aromatic heterocycles. The zero-order valence-corrected chi connectivity index (χ0v) is 10.3. The van der Waals surface area contributed by atoms with Crippen LogP contribution >= 0.6 is 0 Å². The molecule has 17 heavy (non-hydrogen) atoms. The fourth-order valence-corrected chi connectivity index (χ4v) is 2.06. The molecular weight excluding hydrogens is 210 g/mol. The molecule has 3 aromatic rings. The Morgan fingerprint density at radius 2 is 1.88 bits per heavy atom. The quantitative estimate of drug-likeness (QED) is 0.570. The summed E-state index contributed by atoms with van der Waals surface area (Å²) in [5, 5.41) is 1.10. The molecule has 0 radical (unpaired) electrons. The highest BCUT2D eigenvalue weighted by molar-refractivity contribution is 6.02. The number of pyridine rings is 1. The summed E-state index contributed by atoms with van der Waals surface area (Å²) >= 11 is 0. The van der Waals surface area contributed by atoms with Gasteiger partial charge in [0, 0.05) is 11.6 Å². The first kappa shape index (κ1) is 10.3. The van der Waals surface area contributed by atoms with E-state index >= 15 is 0 Å². The number of fused-ring (bicyclic) bond motifs is 3. The van der Waals surface area contributed by atoms with Crippen LogP contribution in [0.25, 0.3) is 22.1 Å². The molecule has 0 saturated carbocycles. The largest absolute Gasteiger partial charge is 0.454 e. The number of benzene rings is 1. The van der Waals surface area contributed by atoms with Gasteiger partial charge < -0.3 is 4.42 Å². The van der Waals surface area contributed by atoms with Gasteiger partial charge in [0.2, 0.25) is 0 Å². The molecule has 0 saturated heterocycles. The van der Waals surface area contributed by atoms with Crippen LogP contribution in [0.4, 0.5) is 0 Å². The van der Waals surface area contributed by atoms with E-state index in [1.807, 2.05) is 18.2 Å². The maximum Gasteiger partial charge on any atom is 0.153 e. The Labute approximate surface area is 100 Å². The fourth-order valence-electron chi connectivity index (χ4n) is 2.06. The number of aromatic nitrogens is 1. The minimum absolute atomic E-state index is 0.145. The van der Waals surface area contributed by atoms with E-state index in [0.29, 0.717) is 0 Å². The van der Waals surface area contributed by atoms with Gasteiger partial charge in [-0.2, -0.15) is 0 Å². The average Bonchev–Trinajstić information content (AvgIpc) is 2.65. The zero-order chi connectivity index (χ0) is 12.0. The standard InChI is InChI=1S/C15H15NO/c1-15(2,3)10-6-7-12-11(9-10)14-13(17-12)5-4-8-16-14/h4-9H,1-3H3. The second kappa shape index (κ2) is 3.33. The second-order valence-corrected chi connectivity index (χ2v) is 5.41. The molecule has 0 spiro atoms. The van der Waals surface area contributed by atoms with E-state index in [1.165, 1.54) is 5.56 Å². The first-order chi connectivity index (χ1) is 8.05. The van der Waals surface area contributed by atoms with Crippen LogP contribution in [0, 0.1) is 0 Å². The average molecular weight is 225 g/mol. The Balaban J connectivity index is 2.38. The first-order valence-electron chi connectivity index (χ1n) is 5.83. The molecule has 2 heteroatoms. The van der Waals surface area contributed by atoms with Crippen molar-refractivity contribution in [2.24, 2.45) is 0 Å². The summed E-state index contributed by atoms with van der Waals surface area (Å²) in [5.74, 6) is 0. The highest BCUT2D eigenvalue weighted by Gasteiger charge is 2.16. The lowest BCUT2D eigenvalue weighted by molar-refractivity contribution is 0.590. The Kier molecular flexibility index (Phi) is 2.02. The molecule has 0 N–H and O–H groups in total. The van der Waals surface area contributed by atoms with Gasteiger partial charge in [0.15, 0.2) is 5.58 Å². The molecule has 0 fully saturated rings. The third-order valence-electron chi connectivity index (χ3n) is 3.09. The van der Waals surface area contributed by atoms with E-state index < -0.39 is 0 Å². The number of furan rings is 1. The van der Waals surface area contributed by atoms with Crippen LogP contribution < -0.4 is 0 Å². The van der Waals surface area contributed by atoms with Crippen molar-refractivity contribution in [2.45, 2.75) is 26.2 Å². The van der Waals surface area contributed by atoms with E-state index in [4.69, 9.17) is 4.42 Å². The van der Waals surface area contributed by atoms with E-state index in [9.17, 15) is 0 Å². The van der Waals surface area contributed by atoms with Crippen molar-refractivity contribution >= 4 is 22.1 Å². The van der Waals surface area contributed by atoms with Gasteiger partial charge in [0.05, 0.1) is 0 Å². The van der Waals surface area contributed by atoms with Crippen molar-refractivity contribution in [3.8, 4) is 0 Å². The molecule has 0 unspecified atom stereocenters. The number of rotatable bonds is 0. The van der Waals surface area contributed by atoms with Crippen LogP contribution in [0.3, 0.4) is 0 Å². The molecule has 2 heterocycles. The molecule has 86 valence electrons. The molecule has 0 bridgehead atoms. The summed E-state index contributed by atoms with van der Waals surface area (Å²) in [7, 11) is 0. The Morgan fingerprint density at radius 1 is 1.06 bits per heavy atom. The summed E-state index contributed by atoms with van der Waals surface area (Å²) < 4.78 is 5.76. The molecule has 0 atom stereocenters. The van der Waals surface area contributed by atoms with Crippen molar-refractivity contribution in [3.63, 3.8) is 0 Å². The summed E-state index contributed by atoms with van der Waals surface area (Å²) in [6, 6.07) is 10.2. The molecule has 3 rings (SSSR count). The number of hydrogen-bond acceptors (Lipinski definition) is 2. The van der Waals surface area contributed by atoms with Gasteiger partial charge >= 0.3 is 0 Å². The Bertz CT molecular complexity index is 689. The molecule has 0 aliphatic rings. The van der Waals surface area contributed by atoms with Crippen LogP contribution in [-0.4, -0.2) is 4.98 Å². The van der Waals surface area contributed by atoms with Gasteiger partial charge in [0.1, 0.15) is 11.1 Å². The third kappa shape index (κ3) is 1.60. The van der Waals surface area contributed by atoms with Crippen LogP contribution in [-0.2, 0) is 5.41 Å². The Hall–Kier alpha value is -1.83. The molecule has 0 amide bonds. The van der Waals surface area contributed by atoms with Crippen LogP contribution in [0.15, 0.2) is 40.9 Å². The van der Waals surface area contributed by atoms with Crippen molar-refractivity contribution in [1.29, 1.82) is 0 Å². The lowest BCUT2D eigenvalue weighted by atomic mass is 9.86. The van der Waals surface area contributed by atoms with Crippen molar-refractivity contribution in [2.75, 3.05) is 0 Å². The highest BCUT2D eigenvalue weighted by atomic mass is 16.3. The maximum atomic E-state index is 5.76. The topological polar surface area (TPSA) is 26.0 Å². The van der Waals surface area contributed by atoms with Crippen molar-refractivity contribution in [1.82, 2.24) is 4.98 Å². The monoisotopic (exact) mass is 225 g/mol. The molecule has 1 aromatic carbocycles. The Morgan fingerprint density at radius 3 is 2.65 bits per heavy atom. The van der Waals surface area contributed by atoms with Gasteiger partial charge in [0.25, 0.3) is 0 Å². The van der Waals surface area contributed by atoms with E-state index in [0.717, 1.165) is 22.1 Å². The third-order valence-corrected chi connectivity index (χ3v) is 3.09. The summed E-state index contributed by atoms with van der Waals surface area (Å²) in [4.78, 5) is 4.40. The van der Waals surface area contributed by atoms with Crippen LogP contribution in [0.1, 0.15) is 26.3 Å². The van der Waals surface area contributed by atoms with Gasteiger partial charge in [-0.15, -0.1) is 0 Å². The number of nitrogens with zero attached hydrogens (tertiary/aromatic N) is 1. The molecule has 0 aliphatic carbocycles. The van der Waals surface area contributed by atoms with Gasteiger partial charge in [-0.05, 0) is 35.2 Å². The smallest absolute Gasteiger partial charge is 0.153 e. The van der Waals surface area contributed by atoms with Gasteiger partial charge in [-0.25, -0.2) is 0 Å². The predicted molar refractivity (Wildman–Crippen MR) is 70.2 cm³/mol. The van der Waals surface area contributed by atoms with E-state index in [2.05, 4.69) is 37.9 Å². The van der Waals surface area contributed by atoms with Crippen LogP contribution in [0.2, 0.25) is 0 Å². The predicted octanol–water partition coefficient (Wildman–Crippen LogP) is 4.28. The highest BCUT2D eigenvalue weighted by Crippen LogP contribution is 2.31. The molecule has 0 aliphatic heterocycles. The molecular formula is C15H15NO. The molecule has 2 nitrogen and oxygen atoms in total. The lowest BCUT2D eigenvalue weighted by Crippen LogP contribution is -2.10. The van der Waals surface area contributed by atoms with E-state index in [1.54, 1.807) is 6.20 Å². The van der Waals surface area contributed by atoms with Crippen molar-refractivity contribution in [3.05, 3.63) is 42.1 Å². The second-order valence-electron chi connectivity index (χ2n) is 5.41. The minimum Gasteiger partial charge on any atom is -0.454 e. The van der Waals surface area contributed by atoms with Gasteiger partial charge in [-0.1, -0.05) is 26.8 Å². The number of hydrogen-bond donors (Lipinski definition) is 0. The van der Waals surface area contributed by atoms with E-state index in [-0.39, 0.29) is 5.41 Å². The van der Waals surface area contributed by atoms with Crippen LogP contribution in [0.5, 0.6) is 0 Å². The summed E-state index contributed by atoms with van der Waals surface area (Å²) in [5.41, 5.74) is 4.17. The summed E-state index contributed by atoms with van der Waals surface area (Å²) in [6.45, 7) is 6.64. The van der Waals surface area contributed by atoms with Crippen molar-refractivity contribution < 1.29 is 4.42 Å². The summed E-state index contributed by atoms with van der Waals surface area (Å²) in [6.07, 6.45) is 1.81. The SMILES string of the molecule is CC(C)(C)c1ccc2oc3cccnc3c2c1.